The summed E-state index contributed by atoms with van der Waals surface area (Å²) < 4.78 is 18.8. The third-order valence-electron chi connectivity index (χ3n) is 6.55. The Labute approximate surface area is 221 Å². The van der Waals surface area contributed by atoms with Crippen molar-refractivity contribution in [3.63, 3.8) is 0 Å². The summed E-state index contributed by atoms with van der Waals surface area (Å²) in [6, 6.07) is 3.76. The van der Waals surface area contributed by atoms with Crippen LogP contribution in [0.3, 0.4) is 0 Å². The Hall–Kier alpha value is -3.99. The number of aromatic nitrogens is 1. The van der Waals surface area contributed by atoms with E-state index in [2.05, 4.69) is 33.8 Å². The second kappa shape index (κ2) is 12.5. The van der Waals surface area contributed by atoms with Gasteiger partial charge in [0, 0.05) is 36.5 Å². The molecule has 0 saturated heterocycles. The standard InChI is InChI=1S/C27H34FN5O5/c1-5-32(6-2)12-11-30-25(35)24-16(3)21(31-17(24)4)15-20-19-14-18(28)9-10-22(19)33(26(20)36)23(34)8-7-13-38-27(29)37/h9-10,14-15,31H,5-8,11-13H2,1-4H3,(H2,29,37)(H,30,35)/b20-15-. The van der Waals surface area contributed by atoms with Gasteiger partial charge in [0.15, 0.2) is 0 Å². The van der Waals surface area contributed by atoms with Gasteiger partial charge in [-0.05, 0) is 63.2 Å². The molecular weight excluding hydrogens is 493 g/mol. The third kappa shape index (κ3) is 6.28. The lowest BCUT2D eigenvalue weighted by molar-refractivity contribution is -0.123. The smallest absolute Gasteiger partial charge is 0.404 e. The van der Waals surface area contributed by atoms with Crippen molar-refractivity contribution < 1.29 is 28.3 Å². The van der Waals surface area contributed by atoms with E-state index in [1.54, 1.807) is 19.9 Å². The molecule has 10 nitrogen and oxygen atoms in total. The Morgan fingerprint density at radius 2 is 1.92 bits per heavy atom. The normalized spacial score (nSPS) is 13.8. The number of nitrogens with one attached hydrogen (secondary N) is 2. The molecule has 38 heavy (non-hydrogen) atoms. The number of imide groups is 1. The Kier molecular flexibility index (Phi) is 9.40. The van der Waals surface area contributed by atoms with Gasteiger partial charge in [-0.25, -0.2) is 14.1 Å². The average Bonchev–Trinajstić information content (AvgIpc) is 3.30. The molecule has 4 amide bonds. The summed E-state index contributed by atoms with van der Waals surface area (Å²) >= 11 is 0. The van der Waals surface area contributed by atoms with E-state index in [0.29, 0.717) is 29.1 Å². The zero-order valence-electron chi connectivity index (χ0n) is 22.2. The Morgan fingerprint density at radius 1 is 1.21 bits per heavy atom. The fraction of sp³-hybridized carbons (Fsp3) is 0.407. The fourth-order valence-corrected chi connectivity index (χ4v) is 4.52. The average molecular weight is 528 g/mol. The van der Waals surface area contributed by atoms with Gasteiger partial charge in [-0.1, -0.05) is 13.8 Å². The van der Waals surface area contributed by atoms with Crippen LogP contribution in [-0.4, -0.2) is 66.5 Å². The number of ether oxygens (including phenoxy) is 1. The second-order valence-electron chi connectivity index (χ2n) is 8.97. The lowest BCUT2D eigenvalue weighted by Gasteiger charge is -2.18. The maximum absolute atomic E-state index is 14.2. The highest BCUT2D eigenvalue weighted by Gasteiger charge is 2.37. The molecule has 0 fully saturated rings. The third-order valence-corrected chi connectivity index (χ3v) is 6.55. The summed E-state index contributed by atoms with van der Waals surface area (Å²) in [7, 11) is 0. The van der Waals surface area contributed by atoms with Crippen LogP contribution in [-0.2, 0) is 14.3 Å². The number of hydrogen-bond donors (Lipinski definition) is 3. The van der Waals surface area contributed by atoms with Gasteiger partial charge in [0.1, 0.15) is 5.82 Å². The minimum absolute atomic E-state index is 0.0667. The number of carbonyl (C=O) groups excluding carboxylic acids is 4. The number of fused-ring (bicyclic) bond motifs is 1. The first kappa shape index (κ1) is 28.6. The van der Waals surface area contributed by atoms with E-state index in [0.717, 1.165) is 24.5 Å². The summed E-state index contributed by atoms with van der Waals surface area (Å²) in [5, 5.41) is 2.94. The number of aryl methyl sites for hydroxylation is 1. The van der Waals surface area contributed by atoms with Gasteiger partial charge in [-0.2, -0.15) is 0 Å². The van der Waals surface area contributed by atoms with Crippen LogP contribution in [0.4, 0.5) is 14.9 Å². The monoisotopic (exact) mass is 527 g/mol. The minimum Gasteiger partial charge on any atom is -0.450 e. The molecule has 4 N–H and O–H groups in total. The molecule has 0 unspecified atom stereocenters. The highest BCUT2D eigenvalue weighted by molar-refractivity contribution is 6.42. The molecule has 0 bridgehead atoms. The first-order valence-electron chi connectivity index (χ1n) is 12.6. The second-order valence-corrected chi connectivity index (χ2v) is 8.97. The molecule has 0 radical (unpaired) electrons. The van der Waals surface area contributed by atoms with Crippen molar-refractivity contribution in [1.29, 1.82) is 0 Å². The van der Waals surface area contributed by atoms with E-state index in [1.165, 1.54) is 18.2 Å². The van der Waals surface area contributed by atoms with Crippen molar-refractivity contribution in [1.82, 2.24) is 15.2 Å². The highest BCUT2D eigenvalue weighted by Crippen LogP contribution is 2.39. The number of rotatable bonds is 11. The maximum Gasteiger partial charge on any atom is 0.404 e. The number of hydrogen-bond acceptors (Lipinski definition) is 6. The SMILES string of the molecule is CCN(CC)CCNC(=O)c1c(C)[nH]c(/C=C2\C(=O)N(C(=O)CCCOC(N)=O)c3ccc(F)cc32)c1C. The number of anilines is 1. The number of halogens is 1. The van der Waals surface area contributed by atoms with E-state index in [9.17, 15) is 23.6 Å². The van der Waals surface area contributed by atoms with Crippen LogP contribution in [0.1, 0.15) is 59.6 Å². The van der Waals surface area contributed by atoms with E-state index >= 15 is 0 Å². The molecule has 0 saturated carbocycles. The zero-order valence-corrected chi connectivity index (χ0v) is 22.2. The lowest BCUT2D eigenvalue weighted by atomic mass is 10.0. The Morgan fingerprint density at radius 3 is 2.58 bits per heavy atom. The molecule has 1 aliphatic heterocycles. The highest BCUT2D eigenvalue weighted by atomic mass is 19.1. The topological polar surface area (TPSA) is 138 Å². The Bertz CT molecular complexity index is 1260. The minimum atomic E-state index is -0.950. The predicted molar refractivity (Wildman–Crippen MR) is 142 cm³/mol. The van der Waals surface area contributed by atoms with Crippen molar-refractivity contribution in [3.8, 4) is 0 Å². The van der Waals surface area contributed by atoms with Gasteiger partial charge in [-0.3, -0.25) is 14.4 Å². The van der Waals surface area contributed by atoms with Crippen LogP contribution in [0.5, 0.6) is 0 Å². The predicted octanol–water partition coefficient (Wildman–Crippen LogP) is 3.13. The molecule has 2 heterocycles. The molecule has 2 aromatic rings. The molecular formula is C27H34FN5O5. The van der Waals surface area contributed by atoms with Crippen LogP contribution >= 0.6 is 0 Å². The van der Waals surface area contributed by atoms with Gasteiger partial charge in [0.25, 0.3) is 11.8 Å². The zero-order chi connectivity index (χ0) is 28.0. The molecule has 1 aromatic heterocycles. The molecule has 3 rings (SSSR count). The molecule has 0 aliphatic carbocycles. The maximum atomic E-state index is 14.2. The van der Waals surface area contributed by atoms with Crippen molar-refractivity contribution in [2.45, 2.75) is 40.5 Å². The molecule has 0 spiro atoms. The summed E-state index contributed by atoms with van der Waals surface area (Å²) in [4.78, 5) is 56.3. The van der Waals surface area contributed by atoms with Crippen LogP contribution in [0, 0.1) is 19.7 Å². The number of amides is 4. The van der Waals surface area contributed by atoms with Crippen molar-refractivity contribution in [3.05, 3.63) is 52.1 Å². The van der Waals surface area contributed by atoms with Crippen molar-refractivity contribution in [2.24, 2.45) is 5.73 Å². The van der Waals surface area contributed by atoms with Gasteiger partial charge >= 0.3 is 6.09 Å². The van der Waals surface area contributed by atoms with E-state index in [1.807, 2.05) is 0 Å². The molecule has 11 heteroatoms. The molecule has 1 aromatic carbocycles. The quantitative estimate of drug-likeness (QED) is 0.303. The number of nitrogens with zero attached hydrogens (tertiary/aromatic N) is 2. The van der Waals surface area contributed by atoms with Crippen LogP contribution in [0.2, 0.25) is 0 Å². The number of benzene rings is 1. The number of carbonyl (C=O) groups is 4. The number of nitrogens with two attached hydrogens (primary N) is 1. The van der Waals surface area contributed by atoms with Crippen LogP contribution in [0.25, 0.3) is 11.6 Å². The Balaban J connectivity index is 1.86. The number of likely N-dealkylation sites (N-methyl/N-ethyl adjacent to an activating group) is 1. The van der Waals surface area contributed by atoms with Crippen LogP contribution < -0.4 is 16.0 Å². The first-order chi connectivity index (χ1) is 18.1. The molecule has 1 aliphatic rings. The number of primary amides is 1. The van der Waals surface area contributed by atoms with Gasteiger partial charge in [0.05, 0.1) is 23.4 Å². The lowest BCUT2D eigenvalue weighted by Crippen LogP contribution is -2.35. The van der Waals surface area contributed by atoms with Gasteiger partial charge in [0.2, 0.25) is 5.91 Å². The molecule has 0 atom stereocenters. The molecule has 204 valence electrons. The number of H-pyrrole nitrogens is 1. The number of aromatic amines is 1. The summed E-state index contributed by atoms with van der Waals surface area (Å²) in [5.41, 5.74) is 7.84. The van der Waals surface area contributed by atoms with Gasteiger partial charge < -0.3 is 25.7 Å². The van der Waals surface area contributed by atoms with E-state index in [4.69, 9.17) is 5.73 Å². The summed E-state index contributed by atoms with van der Waals surface area (Å²) in [6.07, 6.45) is 0.679. The van der Waals surface area contributed by atoms with E-state index in [-0.39, 0.29) is 42.2 Å². The summed E-state index contributed by atoms with van der Waals surface area (Å²) in [5.74, 6) is -1.92. The first-order valence-corrected chi connectivity index (χ1v) is 12.6. The van der Waals surface area contributed by atoms with Gasteiger partial charge in [-0.15, -0.1) is 0 Å². The van der Waals surface area contributed by atoms with Crippen molar-refractivity contribution >= 4 is 41.2 Å². The largest absolute Gasteiger partial charge is 0.450 e. The van der Waals surface area contributed by atoms with E-state index < -0.39 is 23.7 Å². The summed E-state index contributed by atoms with van der Waals surface area (Å²) in [6.45, 7) is 10.6. The fourth-order valence-electron chi connectivity index (χ4n) is 4.52. The van der Waals surface area contributed by atoms with Crippen LogP contribution in [0.15, 0.2) is 18.2 Å². The van der Waals surface area contributed by atoms with Crippen molar-refractivity contribution in [2.75, 3.05) is 37.7 Å².